The highest BCUT2D eigenvalue weighted by Gasteiger charge is 2.21. The molecule has 0 radical (unpaired) electrons. The van der Waals surface area contributed by atoms with Gasteiger partial charge in [-0.05, 0) is 35.7 Å². The summed E-state index contributed by atoms with van der Waals surface area (Å²) in [5.41, 5.74) is 0.971. The number of hydrogen-bond donors (Lipinski definition) is 1. The molecule has 0 fully saturated rings. The summed E-state index contributed by atoms with van der Waals surface area (Å²) in [6, 6.07) is 11.5. The van der Waals surface area contributed by atoms with Crippen LogP contribution in [0.25, 0.3) is 0 Å². The number of carbonyl (C=O) groups is 1. The number of hydrogen-bond acceptors (Lipinski definition) is 4. The minimum atomic E-state index is -0.365. The van der Waals surface area contributed by atoms with E-state index in [1.165, 1.54) is 12.1 Å². The second kappa shape index (κ2) is 9.44. The first-order chi connectivity index (χ1) is 13.5. The summed E-state index contributed by atoms with van der Waals surface area (Å²) in [6.45, 7) is 5.55. The maximum Gasteiger partial charge on any atom is 0.223 e. The van der Waals surface area contributed by atoms with Crippen LogP contribution in [0.3, 0.4) is 0 Å². The van der Waals surface area contributed by atoms with Crippen molar-refractivity contribution in [2.75, 3.05) is 19.8 Å². The standard InChI is InChI=1S/C22H26FNO4/c1-15(2)22(16-7-8-19-20(13-16)28-11-4-10-27-19)24-21(25)9-12-26-18-6-3-5-17(23)14-18/h3,5-8,13-15,22H,4,9-12H2,1-2H3,(H,24,25). The Labute approximate surface area is 164 Å². The number of rotatable bonds is 7. The third kappa shape index (κ3) is 5.38. The quantitative estimate of drug-likeness (QED) is 0.771. The molecule has 3 rings (SSSR count). The van der Waals surface area contributed by atoms with Crippen molar-refractivity contribution in [2.24, 2.45) is 5.92 Å². The molecule has 5 nitrogen and oxygen atoms in total. The van der Waals surface area contributed by atoms with Gasteiger partial charge in [0, 0.05) is 12.5 Å². The van der Waals surface area contributed by atoms with Gasteiger partial charge in [0.15, 0.2) is 11.5 Å². The van der Waals surface area contributed by atoms with Crippen LogP contribution < -0.4 is 19.5 Å². The van der Waals surface area contributed by atoms with Crippen LogP contribution in [0.1, 0.15) is 38.3 Å². The number of fused-ring (bicyclic) bond motifs is 1. The van der Waals surface area contributed by atoms with Crippen LogP contribution in [-0.2, 0) is 4.79 Å². The van der Waals surface area contributed by atoms with Crippen LogP contribution in [0.2, 0.25) is 0 Å². The Morgan fingerprint density at radius 2 is 1.93 bits per heavy atom. The van der Waals surface area contributed by atoms with E-state index in [9.17, 15) is 9.18 Å². The summed E-state index contributed by atoms with van der Waals surface area (Å²) >= 11 is 0. The molecule has 1 amide bonds. The molecule has 0 aliphatic carbocycles. The first-order valence-corrected chi connectivity index (χ1v) is 9.60. The molecule has 2 aromatic rings. The van der Waals surface area contributed by atoms with Gasteiger partial charge >= 0.3 is 0 Å². The predicted molar refractivity (Wildman–Crippen MR) is 104 cm³/mol. The number of benzene rings is 2. The van der Waals surface area contributed by atoms with E-state index in [1.54, 1.807) is 12.1 Å². The lowest BCUT2D eigenvalue weighted by molar-refractivity contribution is -0.122. The largest absolute Gasteiger partial charge is 0.493 e. The van der Waals surface area contributed by atoms with Crippen LogP contribution in [0.5, 0.6) is 17.2 Å². The van der Waals surface area contributed by atoms with Crippen molar-refractivity contribution in [1.29, 1.82) is 0 Å². The van der Waals surface area contributed by atoms with Crippen molar-refractivity contribution in [3.05, 3.63) is 53.8 Å². The van der Waals surface area contributed by atoms with Gasteiger partial charge in [0.2, 0.25) is 5.91 Å². The molecule has 1 heterocycles. The highest BCUT2D eigenvalue weighted by atomic mass is 19.1. The molecule has 0 saturated heterocycles. The molecule has 0 spiro atoms. The summed E-state index contributed by atoms with van der Waals surface area (Å²) in [6.07, 6.45) is 1.03. The molecule has 150 valence electrons. The average Bonchev–Trinajstić information content (AvgIpc) is 2.90. The molecule has 1 N–H and O–H groups in total. The van der Waals surface area contributed by atoms with Gasteiger partial charge in [0.1, 0.15) is 11.6 Å². The van der Waals surface area contributed by atoms with Crippen molar-refractivity contribution in [3.8, 4) is 17.2 Å². The summed E-state index contributed by atoms with van der Waals surface area (Å²) in [4.78, 5) is 12.4. The lowest BCUT2D eigenvalue weighted by Gasteiger charge is -2.24. The van der Waals surface area contributed by atoms with Crippen molar-refractivity contribution in [1.82, 2.24) is 5.32 Å². The topological polar surface area (TPSA) is 56.8 Å². The second-order valence-corrected chi connectivity index (χ2v) is 7.10. The van der Waals surface area contributed by atoms with E-state index in [-0.39, 0.29) is 36.7 Å². The van der Waals surface area contributed by atoms with Crippen molar-refractivity contribution in [2.45, 2.75) is 32.7 Å². The normalized spacial score (nSPS) is 14.3. The fraction of sp³-hybridized carbons (Fsp3) is 0.409. The number of halogens is 1. The minimum Gasteiger partial charge on any atom is -0.493 e. The van der Waals surface area contributed by atoms with Gasteiger partial charge in [0.25, 0.3) is 0 Å². The summed E-state index contributed by atoms with van der Waals surface area (Å²) in [7, 11) is 0. The maximum atomic E-state index is 13.2. The Kier molecular flexibility index (Phi) is 6.74. The highest BCUT2D eigenvalue weighted by Crippen LogP contribution is 2.34. The predicted octanol–water partition coefficient (Wildman–Crippen LogP) is 4.27. The van der Waals surface area contributed by atoms with Crippen molar-refractivity contribution in [3.63, 3.8) is 0 Å². The smallest absolute Gasteiger partial charge is 0.223 e. The van der Waals surface area contributed by atoms with Crippen LogP contribution >= 0.6 is 0 Å². The zero-order chi connectivity index (χ0) is 19.9. The Morgan fingerprint density at radius 1 is 1.14 bits per heavy atom. The Morgan fingerprint density at radius 3 is 2.68 bits per heavy atom. The SMILES string of the molecule is CC(C)C(NC(=O)CCOc1cccc(F)c1)c1ccc2c(c1)OCCCO2. The third-order valence-corrected chi connectivity index (χ3v) is 4.51. The second-order valence-electron chi connectivity index (χ2n) is 7.10. The average molecular weight is 387 g/mol. The Hall–Kier alpha value is -2.76. The van der Waals surface area contributed by atoms with Crippen LogP contribution in [0.15, 0.2) is 42.5 Å². The van der Waals surface area contributed by atoms with E-state index < -0.39 is 0 Å². The molecule has 1 unspecified atom stereocenters. The molecular weight excluding hydrogens is 361 g/mol. The molecular formula is C22H26FNO4. The van der Waals surface area contributed by atoms with Gasteiger partial charge < -0.3 is 19.5 Å². The van der Waals surface area contributed by atoms with Crippen LogP contribution in [0.4, 0.5) is 4.39 Å². The van der Waals surface area contributed by atoms with Crippen molar-refractivity contribution >= 4 is 5.91 Å². The molecule has 0 bridgehead atoms. The minimum absolute atomic E-state index is 0.123. The maximum absolute atomic E-state index is 13.2. The first-order valence-electron chi connectivity index (χ1n) is 9.60. The highest BCUT2D eigenvalue weighted by molar-refractivity contribution is 5.76. The number of ether oxygens (including phenoxy) is 3. The van der Waals surface area contributed by atoms with E-state index in [1.807, 2.05) is 18.2 Å². The monoisotopic (exact) mass is 387 g/mol. The first kappa shape index (κ1) is 20.0. The Balaban J connectivity index is 1.59. The Bertz CT molecular complexity index is 809. The fourth-order valence-corrected chi connectivity index (χ4v) is 3.07. The van der Waals surface area contributed by atoms with Gasteiger partial charge in [-0.2, -0.15) is 0 Å². The van der Waals surface area contributed by atoms with E-state index in [0.717, 1.165) is 17.7 Å². The van der Waals surface area contributed by atoms with Gasteiger partial charge in [-0.3, -0.25) is 4.79 Å². The summed E-state index contributed by atoms with van der Waals surface area (Å²) < 4.78 is 30.1. The van der Waals surface area contributed by atoms with Crippen LogP contribution in [0, 0.1) is 11.7 Å². The molecule has 1 aliphatic rings. The fourth-order valence-electron chi connectivity index (χ4n) is 3.07. The molecule has 0 saturated carbocycles. The van der Waals surface area contributed by atoms with Gasteiger partial charge in [-0.15, -0.1) is 0 Å². The summed E-state index contributed by atoms with van der Waals surface area (Å²) in [5, 5.41) is 3.06. The van der Waals surface area contributed by atoms with E-state index in [2.05, 4.69) is 19.2 Å². The van der Waals surface area contributed by atoms with Gasteiger partial charge in [-0.25, -0.2) is 4.39 Å². The molecule has 1 atom stereocenters. The number of amides is 1. The van der Waals surface area contributed by atoms with Crippen LogP contribution in [-0.4, -0.2) is 25.7 Å². The van der Waals surface area contributed by atoms with Gasteiger partial charge in [0.05, 0.1) is 32.3 Å². The van der Waals surface area contributed by atoms with Crippen molar-refractivity contribution < 1.29 is 23.4 Å². The summed E-state index contributed by atoms with van der Waals surface area (Å²) in [5.74, 6) is 1.57. The molecule has 0 aromatic heterocycles. The number of carbonyl (C=O) groups excluding carboxylic acids is 1. The van der Waals surface area contributed by atoms with E-state index in [0.29, 0.717) is 24.7 Å². The third-order valence-electron chi connectivity index (χ3n) is 4.51. The lowest BCUT2D eigenvalue weighted by Crippen LogP contribution is -2.32. The van der Waals surface area contributed by atoms with Gasteiger partial charge in [-0.1, -0.05) is 26.0 Å². The molecule has 6 heteroatoms. The zero-order valence-electron chi connectivity index (χ0n) is 16.2. The molecule has 1 aliphatic heterocycles. The van der Waals surface area contributed by atoms with E-state index >= 15 is 0 Å². The lowest BCUT2D eigenvalue weighted by atomic mass is 9.95. The molecule has 28 heavy (non-hydrogen) atoms. The number of nitrogens with one attached hydrogen (secondary N) is 1. The van der Waals surface area contributed by atoms with E-state index in [4.69, 9.17) is 14.2 Å². The molecule has 2 aromatic carbocycles. The zero-order valence-corrected chi connectivity index (χ0v) is 16.2.